The van der Waals surface area contributed by atoms with Gasteiger partial charge in [0.2, 0.25) is 0 Å². The van der Waals surface area contributed by atoms with Gasteiger partial charge in [-0.25, -0.2) is 0 Å². The molecule has 0 aliphatic rings. The van der Waals surface area contributed by atoms with Crippen molar-refractivity contribution in [3.05, 3.63) is 126 Å². The maximum absolute atomic E-state index is 3.24. The molecule has 0 bridgehead atoms. The lowest BCUT2D eigenvalue weighted by molar-refractivity contribution is 0.920. The summed E-state index contributed by atoms with van der Waals surface area (Å²) in [5.41, 5.74) is 8.67. The van der Waals surface area contributed by atoms with Crippen molar-refractivity contribution in [3.63, 3.8) is 0 Å². The van der Waals surface area contributed by atoms with Gasteiger partial charge in [-0.15, -0.1) is 0 Å². The Balaban J connectivity index is 1.64. The summed E-state index contributed by atoms with van der Waals surface area (Å²) < 4.78 is 0. The molecule has 0 unspecified atom stereocenters. The molecule has 4 aromatic carbocycles. The molecule has 1 nitrogen and oxygen atoms in total. The second kappa shape index (κ2) is 9.18. The van der Waals surface area contributed by atoms with Crippen molar-refractivity contribution >= 4 is 5.57 Å². The standard InChI is InChI=1S/C28H25N/c1-29-21-20-28(26-16-12-24(13-17-26)22-8-4-2-5-9-22)27-18-14-25(15-19-27)23-10-6-3-7-11-23/h2-20,29H,21H2,1H3. The summed E-state index contributed by atoms with van der Waals surface area (Å²) in [4.78, 5) is 0. The minimum atomic E-state index is 0.830. The Morgan fingerprint density at radius 2 is 0.931 bits per heavy atom. The first-order chi connectivity index (χ1) is 14.3. The Bertz CT molecular complexity index is 976. The van der Waals surface area contributed by atoms with Crippen molar-refractivity contribution in [2.24, 2.45) is 0 Å². The first-order valence-corrected chi connectivity index (χ1v) is 10.0. The van der Waals surface area contributed by atoms with E-state index in [0.29, 0.717) is 0 Å². The van der Waals surface area contributed by atoms with E-state index in [0.717, 1.165) is 6.54 Å². The molecule has 1 N–H and O–H groups in total. The van der Waals surface area contributed by atoms with Crippen LogP contribution in [0.3, 0.4) is 0 Å². The summed E-state index contributed by atoms with van der Waals surface area (Å²) in [6.45, 7) is 0.830. The van der Waals surface area contributed by atoms with Gasteiger partial charge in [0.25, 0.3) is 0 Å². The Hall–Kier alpha value is -3.42. The van der Waals surface area contributed by atoms with E-state index in [-0.39, 0.29) is 0 Å². The fourth-order valence-corrected chi connectivity index (χ4v) is 3.55. The van der Waals surface area contributed by atoms with Crippen LogP contribution in [0.25, 0.3) is 27.8 Å². The normalized spacial score (nSPS) is 10.5. The van der Waals surface area contributed by atoms with Crippen LogP contribution >= 0.6 is 0 Å². The summed E-state index contributed by atoms with van der Waals surface area (Å²) in [6.07, 6.45) is 2.26. The molecule has 4 rings (SSSR count). The summed E-state index contributed by atoms with van der Waals surface area (Å²) in [6, 6.07) is 38.7. The molecule has 0 aliphatic carbocycles. The van der Waals surface area contributed by atoms with Crippen molar-refractivity contribution in [3.8, 4) is 22.3 Å². The van der Waals surface area contributed by atoms with Crippen molar-refractivity contribution in [1.82, 2.24) is 5.32 Å². The predicted octanol–water partition coefficient (Wildman–Crippen LogP) is 6.67. The van der Waals surface area contributed by atoms with E-state index in [1.807, 2.05) is 7.05 Å². The molecule has 1 heteroatoms. The Morgan fingerprint density at radius 3 is 1.31 bits per heavy atom. The largest absolute Gasteiger partial charge is 0.316 e. The second-order valence-corrected chi connectivity index (χ2v) is 7.06. The van der Waals surface area contributed by atoms with Gasteiger partial charge in [0.05, 0.1) is 0 Å². The molecule has 0 aliphatic heterocycles. The summed E-state index contributed by atoms with van der Waals surface area (Å²) in [5.74, 6) is 0. The van der Waals surface area contributed by atoms with E-state index >= 15 is 0 Å². The van der Waals surface area contributed by atoms with Crippen LogP contribution < -0.4 is 5.32 Å². The summed E-state index contributed by atoms with van der Waals surface area (Å²) >= 11 is 0. The first kappa shape index (κ1) is 18.9. The van der Waals surface area contributed by atoms with E-state index < -0.39 is 0 Å². The third-order valence-corrected chi connectivity index (χ3v) is 5.12. The highest BCUT2D eigenvalue weighted by molar-refractivity contribution is 5.82. The van der Waals surface area contributed by atoms with Crippen molar-refractivity contribution in [1.29, 1.82) is 0 Å². The fraction of sp³-hybridized carbons (Fsp3) is 0.0714. The van der Waals surface area contributed by atoms with Crippen LogP contribution in [0.4, 0.5) is 0 Å². The minimum absolute atomic E-state index is 0.830. The Kier molecular flexibility index (Phi) is 5.99. The van der Waals surface area contributed by atoms with Gasteiger partial charge in [0.1, 0.15) is 0 Å². The van der Waals surface area contributed by atoms with Crippen LogP contribution in [0.1, 0.15) is 11.1 Å². The quantitative estimate of drug-likeness (QED) is 0.397. The molecule has 29 heavy (non-hydrogen) atoms. The van der Waals surface area contributed by atoms with Crippen LogP contribution in [0.15, 0.2) is 115 Å². The molecule has 0 amide bonds. The molecule has 0 fully saturated rings. The zero-order valence-electron chi connectivity index (χ0n) is 16.7. The monoisotopic (exact) mass is 375 g/mol. The highest BCUT2D eigenvalue weighted by Crippen LogP contribution is 2.28. The molecule has 142 valence electrons. The zero-order chi connectivity index (χ0) is 19.9. The lowest BCUT2D eigenvalue weighted by Crippen LogP contribution is -2.05. The average Bonchev–Trinajstić information content (AvgIpc) is 2.81. The van der Waals surface area contributed by atoms with Gasteiger partial charge < -0.3 is 5.32 Å². The average molecular weight is 376 g/mol. The van der Waals surface area contributed by atoms with E-state index in [9.17, 15) is 0 Å². The molecule has 0 aromatic heterocycles. The highest BCUT2D eigenvalue weighted by Gasteiger charge is 2.07. The molecular weight excluding hydrogens is 350 g/mol. The molecule has 0 saturated heterocycles. The van der Waals surface area contributed by atoms with Gasteiger partial charge in [-0.3, -0.25) is 0 Å². The number of likely N-dealkylation sites (N-methyl/N-ethyl adjacent to an activating group) is 1. The lowest BCUT2D eigenvalue weighted by Gasteiger charge is -2.11. The summed E-state index contributed by atoms with van der Waals surface area (Å²) in [7, 11) is 1.98. The topological polar surface area (TPSA) is 12.0 Å². The predicted molar refractivity (Wildman–Crippen MR) is 125 cm³/mol. The van der Waals surface area contributed by atoms with Crippen LogP contribution in [-0.2, 0) is 0 Å². The highest BCUT2D eigenvalue weighted by atomic mass is 14.8. The maximum Gasteiger partial charge on any atom is 0.0141 e. The molecule has 0 saturated carbocycles. The minimum Gasteiger partial charge on any atom is -0.316 e. The van der Waals surface area contributed by atoms with Gasteiger partial charge in [-0.2, -0.15) is 0 Å². The van der Waals surface area contributed by atoms with Gasteiger partial charge in [0.15, 0.2) is 0 Å². The third kappa shape index (κ3) is 4.53. The molecule has 0 radical (unpaired) electrons. The van der Waals surface area contributed by atoms with E-state index in [1.54, 1.807) is 0 Å². The van der Waals surface area contributed by atoms with E-state index in [2.05, 4.69) is 121 Å². The van der Waals surface area contributed by atoms with E-state index in [4.69, 9.17) is 0 Å². The fourth-order valence-electron chi connectivity index (χ4n) is 3.55. The van der Waals surface area contributed by atoms with Crippen LogP contribution in [0.5, 0.6) is 0 Å². The Morgan fingerprint density at radius 1 is 0.552 bits per heavy atom. The molecule has 0 spiro atoms. The van der Waals surface area contributed by atoms with Crippen molar-refractivity contribution in [2.75, 3.05) is 13.6 Å². The van der Waals surface area contributed by atoms with Gasteiger partial charge >= 0.3 is 0 Å². The van der Waals surface area contributed by atoms with Gasteiger partial charge in [-0.1, -0.05) is 115 Å². The number of rotatable bonds is 6. The zero-order valence-corrected chi connectivity index (χ0v) is 16.7. The van der Waals surface area contributed by atoms with Crippen molar-refractivity contribution < 1.29 is 0 Å². The van der Waals surface area contributed by atoms with Crippen molar-refractivity contribution in [2.45, 2.75) is 0 Å². The SMILES string of the molecule is CNCC=C(c1ccc(-c2ccccc2)cc1)c1ccc(-c2ccccc2)cc1. The summed E-state index contributed by atoms with van der Waals surface area (Å²) in [5, 5.41) is 3.24. The second-order valence-electron chi connectivity index (χ2n) is 7.06. The smallest absolute Gasteiger partial charge is 0.0141 e. The Labute approximate surface area is 173 Å². The molecule has 4 aromatic rings. The number of benzene rings is 4. The maximum atomic E-state index is 3.24. The first-order valence-electron chi connectivity index (χ1n) is 10.0. The van der Waals surface area contributed by atoms with Gasteiger partial charge in [0, 0.05) is 6.54 Å². The molecule has 0 atom stereocenters. The van der Waals surface area contributed by atoms with Crippen LogP contribution in [-0.4, -0.2) is 13.6 Å². The van der Waals surface area contributed by atoms with Crippen LogP contribution in [0, 0.1) is 0 Å². The van der Waals surface area contributed by atoms with E-state index in [1.165, 1.54) is 39.0 Å². The molecular formula is C28H25N. The number of hydrogen-bond acceptors (Lipinski definition) is 1. The van der Waals surface area contributed by atoms with Crippen LogP contribution in [0.2, 0.25) is 0 Å². The molecule has 0 heterocycles. The number of hydrogen-bond donors (Lipinski definition) is 1. The number of nitrogens with one attached hydrogen (secondary N) is 1. The lowest BCUT2D eigenvalue weighted by atomic mass is 9.94. The third-order valence-electron chi connectivity index (χ3n) is 5.12. The van der Waals surface area contributed by atoms with Gasteiger partial charge in [-0.05, 0) is 46.0 Å².